The molecule has 0 aliphatic rings. The Bertz CT molecular complexity index is 1250. The third-order valence-corrected chi connectivity index (χ3v) is 6.43. The van der Waals surface area contributed by atoms with E-state index in [9.17, 15) is 17.6 Å². The van der Waals surface area contributed by atoms with Crippen LogP contribution in [-0.4, -0.2) is 24.2 Å². The van der Waals surface area contributed by atoms with Crippen molar-refractivity contribution in [3.63, 3.8) is 0 Å². The first-order chi connectivity index (χ1) is 14.1. The minimum atomic E-state index is -4.26. The summed E-state index contributed by atoms with van der Waals surface area (Å²) in [5, 5.41) is -0.0737. The van der Waals surface area contributed by atoms with E-state index >= 15 is 0 Å². The molecule has 1 aromatic carbocycles. The van der Waals surface area contributed by atoms with Gasteiger partial charge in [-0.05, 0) is 55.3 Å². The number of nitrogens with one attached hydrogen (secondary N) is 1. The minimum absolute atomic E-state index is 0.0319. The molecule has 1 N–H and O–H groups in total. The van der Waals surface area contributed by atoms with Crippen LogP contribution in [0.4, 0.5) is 10.1 Å². The van der Waals surface area contributed by atoms with Gasteiger partial charge in [-0.2, -0.15) is 0 Å². The van der Waals surface area contributed by atoms with Crippen LogP contribution in [0.3, 0.4) is 0 Å². The lowest BCUT2D eigenvalue weighted by Crippen LogP contribution is -2.16. The molecule has 0 fully saturated rings. The van der Waals surface area contributed by atoms with Crippen LogP contribution < -0.4 is 4.72 Å². The summed E-state index contributed by atoms with van der Waals surface area (Å²) in [5.74, 6) is -0.937. The van der Waals surface area contributed by atoms with Crippen molar-refractivity contribution >= 4 is 49.0 Å². The Labute approximate surface area is 186 Å². The number of anilines is 1. The van der Waals surface area contributed by atoms with Crippen LogP contribution >= 0.6 is 27.5 Å². The van der Waals surface area contributed by atoms with Gasteiger partial charge in [-0.3, -0.25) is 14.5 Å². The normalized spacial score (nSPS) is 11.4. The second-order valence-electron chi connectivity index (χ2n) is 6.56. The molecular formula is C20H16BrClFN3O3S. The Hall–Kier alpha value is -2.36. The summed E-state index contributed by atoms with van der Waals surface area (Å²) in [5.41, 5.74) is 2.41. The fraction of sp³-hybridized carbons (Fsp3) is 0.150. The van der Waals surface area contributed by atoms with Gasteiger partial charge in [0.15, 0.2) is 5.15 Å². The fourth-order valence-corrected chi connectivity index (χ4v) is 4.68. The second-order valence-corrected chi connectivity index (χ2v) is 9.48. The average molecular weight is 513 g/mol. The Morgan fingerprint density at radius 2 is 1.97 bits per heavy atom. The summed E-state index contributed by atoms with van der Waals surface area (Å²) in [6.45, 7) is 3.14. The van der Waals surface area contributed by atoms with E-state index < -0.39 is 20.7 Å². The minimum Gasteiger partial charge on any atom is -0.300 e. The Balaban J connectivity index is 2.04. The molecule has 0 radical (unpaired) electrons. The van der Waals surface area contributed by atoms with Gasteiger partial charge in [-0.1, -0.05) is 27.5 Å². The number of sulfonamides is 1. The van der Waals surface area contributed by atoms with E-state index in [4.69, 9.17) is 11.6 Å². The number of nitrogens with zero attached hydrogens (tertiary/aromatic N) is 2. The number of aromatic nitrogens is 2. The zero-order chi connectivity index (χ0) is 22.1. The molecule has 3 rings (SSSR count). The van der Waals surface area contributed by atoms with E-state index in [0.29, 0.717) is 26.9 Å². The number of hydrogen-bond acceptors (Lipinski definition) is 5. The second kappa shape index (κ2) is 8.79. The number of pyridine rings is 2. The molecule has 10 heteroatoms. The van der Waals surface area contributed by atoms with E-state index in [1.54, 1.807) is 25.3 Å². The van der Waals surface area contributed by atoms with Gasteiger partial charge in [0.25, 0.3) is 10.0 Å². The van der Waals surface area contributed by atoms with Gasteiger partial charge < -0.3 is 0 Å². The molecule has 2 heterocycles. The van der Waals surface area contributed by atoms with Gasteiger partial charge >= 0.3 is 0 Å². The predicted molar refractivity (Wildman–Crippen MR) is 117 cm³/mol. The summed E-state index contributed by atoms with van der Waals surface area (Å²) in [6.07, 6.45) is 3.24. The molecular weight excluding hydrogens is 497 g/mol. The molecule has 3 aromatic rings. The summed E-state index contributed by atoms with van der Waals surface area (Å²) >= 11 is 9.25. The summed E-state index contributed by atoms with van der Waals surface area (Å²) < 4.78 is 42.5. The number of carbonyl (C=O) groups is 1. The van der Waals surface area contributed by atoms with Crippen molar-refractivity contribution in [1.29, 1.82) is 0 Å². The highest BCUT2D eigenvalue weighted by Gasteiger charge is 2.23. The van der Waals surface area contributed by atoms with Gasteiger partial charge in [-0.15, -0.1) is 0 Å². The number of benzene rings is 1. The van der Waals surface area contributed by atoms with Gasteiger partial charge in [0.1, 0.15) is 16.5 Å². The smallest absolute Gasteiger partial charge is 0.264 e. The highest BCUT2D eigenvalue weighted by atomic mass is 79.9. The molecule has 0 bridgehead atoms. The van der Waals surface area contributed by atoms with Crippen LogP contribution in [-0.2, 0) is 21.2 Å². The first kappa shape index (κ1) is 22.3. The molecule has 0 spiro atoms. The van der Waals surface area contributed by atoms with E-state index in [2.05, 4.69) is 30.6 Å². The van der Waals surface area contributed by atoms with Crippen LogP contribution in [0.5, 0.6) is 0 Å². The monoisotopic (exact) mass is 511 g/mol. The Morgan fingerprint density at radius 1 is 1.23 bits per heavy atom. The fourth-order valence-electron chi connectivity index (χ4n) is 2.86. The maximum absolute atomic E-state index is 14.2. The number of halogens is 3. The first-order valence-electron chi connectivity index (χ1n) is 8.66. The van der Waals surface area contributed by atoms with Gasteiger partial charge in [-0.25, -0.2) is 17.8 Å². The van der Waals surface area contributed by atoms with Crippen molar-refractivity contribution in [3.05, 3.63) is 69.4 Å². The van der Waals surface area contributed by atoms with Crippen LogP contribution in [0, 0.1) is 12.7 Å². The quantitative estimate of drug-likeness (QED) is 0.473. The number of ketones is 1. The van der Waals surface area contributed by atoms with Gasteiger partial charge in [0, 0.05) is 34.5 Å². The summed E-state index contributed by atoms with van der Waals surface area (Å²) in [6, 6.07) is 7.08. The van der Waals surface area contributed by atoms with Gasteiger partial charge in [0.05, 0.1) is 5.69 Å². The first-order valence-corrected chi connectivity index (χ1v) is 11.3. The largest absolute Gasteiger partial charge is 0.300 e. The van der Waals surface area contributed by atoms with Crippen LogP contribution in [0.1, 0.15) is 18.2 Å². The van der Waals surface area contributed by atoms with Crippen LogP contribution in [0.15, 0.2) is 52.1 Å². The van der Waals surface area contributed by atoms with E-state index in [0.717, 1.165) is 12.1 Å². The molecule has 6 nitrogen and oxygen atoms in total. The zero-order valence-electron chi connectivity index (χ0n) is 15.9. The predicted octanol–water partition coefficient (Wildman–Crippen LogP) is 4.94. The third-order valence-electron chi connectivity index (χ3n) is 4.27. The highest BCUT2D eigenvalue weighted by Crippen LogP contribution is 2.34. The van der Waals surface area contributed by atoms with E-state index in [1.165, 1.54) is 19.2 Å². The van der Waals surface area contributed by atoms with Crippen molar-refractivity contribution in [1.82, 2.24) is 9.97 Å². The zero-order valence-corrected chi connectivity index (χ0v) is 19.1. The molecule has 0 saturated heterocycles. The van der Waals surface area contributed by atoms with Crippen molar-refractivity contribution in [3.8, 4) is 11.1 Å². The maximum atomic E-state index is 14.2. The molecule has 0 aliphatic heterocycles. The van der Waals surface area contributed by atoms with Crippen molar-refractivity contribution < 1.29 is 17.6 Å². The lowest BCUT2D eigenvalue weighted by Gasteiger charge is -2.15. The Kier molecular flexibility index (Phi) is 6.54. The molecule has 156 valence electrons. The van der Waals surface area contributed by atoms with Gasteiger partial charge in [0.2, 0.25) is 0 Å². The molecule has 0 unspecified atom stereocenters. The number of rotatable bonds is 6. The topological polar surface area (TPSA) is 89.0 Å². The van der Waals surface area contributed by atoms with Crippen LogP contribution in [0.25, 0.3) is 11.1 Å². The lowest BCUT2D eigenvalue weighted by atomic mass is 10.0. The number of Topliss-reactive ketones (excluding diaryl/α,β-unsaturated/α-hetero) is 1. The number of hydrogen-bond donors (Lipinski definition) is 1. The van der Waals surface area contributed by atoms with Crippen molar-refractivity contribution in [2.45, 2.75) is 25.2 Å². The standard InChI is InChI=1S/C20H16BrClFN3O3S/c1-11(27)7-15-8-13(5-6-24-15)16-10-25-20(22)19(12(16)2)26-30(28,29)18-4-3-14(21)9-17(18)23/h3-6,8-10,26H,7H2,1-2H3. The molecule has 30 heavy (non-hydrogen) atoms. The highest BCUT2D eigenvalue weighted by molar-refractivity contribution is 9.10. The Morgan fingerprint density at radius 3 is 2.63 bits per heavy atom. The molecule has 0 amide bonds. The van der Waals surface area contributed by atoms with Crippen molar-refractivity contribution in [2.24, 2.45) is 0 Å². The summed E-state index contributed by atoms with van der Waals surface area (Å²) in [7, 11) is -4.26. The molecule has 0 saturated carbocycles. The maximum Gasteiger partial charge on any atom is 0.264 e. The molecule has 2 aromatic heterocycles. The third kappa shape index (κ3) is 4.85. The SMILES string of the molecule is CC(=O)Cc1cc(-c2cnc(Cl)c(NS(=O)(=O)c3ccc(Br)cc3F)c2C)ccn1. The van der Waals surface area contributed by atoms with Crippen LogP contribution in [0.2, 0.25) is 5.15 Å². The average Bonchev–Trinajstić information content (AvgIpc) is 2.64. The summed E-state index contributed by atoms with van der Waals surface area (Å²) in [4.78, 5) is 19.1. The van der Waals surface area contributed by atoms with E-state index in [1.807, 2.05) is 0 Å². The molecule has 0 atom stereocenters. The molecule has 0 aliphatic carbocycles. The van der Waals surface area contributed by atoms with E-state index in [-0.39, 0.29) is 23.0 Å². The van der Waals surface area contributed by atoms with Crippen molar-refractivity contribution in [2.75, 3.05) is 4.72 Å². The number of carbonyl (C=O) groups excluding carboxylic acids is 1. The lowest BCUT2D eigenvalue weighted by molar-refractivity contribution is -0.116.